The molecule has 100 valence electrons. The quantitative estimate of drug-likeness (QED) is 0.796. The van der Waals surface area contributed by atoms with Crippen molar-refractivity contribution in [3.63, 3.8) is 0 Å². The molecular weight excluding hydrogens is 232 g/mol. The Kier molecular flexibility index (Phi) is 4.97. The zero-order valence-electron chi connectivity index (χ0n) is 11.0. The summed E-state index contributed by atoms with van der Waals surface area (Å²) >= 11 is 0. The van der Waals surface area contributed by atoms with Crippen LogP contribution in [0.15, 0.2) is 18.2 Å². The van der Waals surface area contributed by atoms with Crippen molar-refractivity contribution >= 4 is 5.91 Å². The summed E-state index contributed by atoms with van der Waals surface area (Å²) in [6.07, 6.45) is 0. The van der Waals surface area contributed by atoms with Gasteiger partial charge in [-0.15, -0.1) is 0 Å². The first-order chi connectivity index (χ1) is 8.45. The molecule has 18 heavy (non-hydrogen) atoms. The molecule has 0 spiro atoms. The number of hydrogen-bond donors (Lipinski definition) is 2. The van der Waals surface area contributed by atoms with Gasteiger partial charge in [0.05, 0.1) is 19.6 Å². The highest BCUT2D eigenvalue weighted by atomic mass is 16.5. The molecular formula is C13H20N2O3. The fourth-order valence-electron chi connectivity index (χ4n) is 1.44. The maximum Gasteiger partial charge on any atom is 0.223 e. The second-order valence-electron chi connectivity index (χ2n) is 4.31. The third-order valence-electron chi connectivity index (χ3n) is 2.69. The molecule has 2 unspecified atom stereocenters. The van der Waals surface area contributed by atoms with Gasteiger partial charge in [0, 0.05) is 17.7 Å². The second kappa shape index (κ2) is 6.26. The minimum absolute atomic E-state index is 0.158. The van der Waals surface area contributed by atoms with Gasteiger partial charge in [-0.25, -0.2) is 0 Å². The molecule has 0 bridgehead atoms. The van der Waals surface area contributed by atoms with Gasteiger partial charge < -0.3 is 20.9 Å². The number of hydrogen-bond acceptors (Lipinski definition) is 4. The van der Waals surface area contributed by atoms with Crippen LogP contribution in [0.1, 0.15) is 25.5 Å². The highest BCUT2D eigenvalue weighted by Gasteiger charge is 2.13. The van der Waals surface area contributed by atoms with Gasteiger partial charge in [-0.05, 0) is 13.0 Å². The van der Waals surface area contributed by atoms with Gasteiger partial charge >= 0.3 is 0 Å². The predicted octanol–water partition coefficient (Wildman–Crippen LogP) is 1.22. The summed E-state index contributed by atoms with van der Waals surface area (Å²) in [4.78, 5) is 11.0. The summed E-state index contributed by atoms with van der Waals surface area (Å²) in [7, 11) is 1.58. The maximum absolute atomic E-state index is 11.0. The predicted molar refractivity (Wildman–Crippen MR) is 69.4 cm³/mol. The third-order valence-corrected chi connectivity index (χ3v) is 2.69. The van der Waals surface area contributed by atoms with Crippen molar-refractivity contribution < 1.29 is 14.3 Å². The zero-order chi connectivity index (χ0) is 13.7. The summed E-state index contributed by atoms with van der Waals surface area (Å²) in [5, 5.41) is 0. The average molecular weight is 252 g/mol. The molecule has 5 nitrogen and oxygen atoms in total. The normalized spacial score (nSPS) is 13.8. The van der Waals surface area contributed by atoms with Crippen LogP contribution in [0.5, 0.6) is 11.5 Å². The Morgan fingerprint density at radius 2 is 2.06 bits per heavy atom. The lowest BCUT2D eigenvalue weighted by atomic mass is 10.1. The Balaban J connectivity index is 2.87. The molecule has 4 N–H and O–H groups in total. The minimum Gasteiger partial charge on any atom is -0.497 e. The van der Waals surface area contributed by atoms with Gasteiger partial charge in [0.15, 0.2) is 0 Å². The molecule has 0 saturated heterocycles. The lowest BCUT2D eigenvalue weighted by Gasteiger charge is -2.16. The van der Waals surface area contributed by atoms with Crippen molar-refractivity contribution in [2.24, 2.45) is 17.4 Å². The number of amides is 1. The number of ether oxygens (including phenoxy) is 2. The van der Waals surface area contributed by atoms with Crippen LogP contribution in [-0.4, -0.2) is 19.6 Å². The van der Waals surface area contributed by atoms with Crippen LogP contribution in [0.25, 0.3) is 0 Å². The Morgan fingerprint density at radius 1 is 1.39 bits per heavy atom. The first kappa shape index (κ1) is 14.3. The third kappa shape index (κ3) is 3.63. The molecule has 0 saturated carbocycles. The molecule has 1 amide bonds. The Hall–Kier alpha value is -1.75. The molecule has 0 aromatic heterocycles. The zero-order valence-corrected chi connectivity index (χ0v) is 11.0. The molecule has 1 aromatic carbocycles. The molecule has 1 rings (SSSR count). The van der Waals surface area contributed by atoms with E-state index in [1.807, 2.05) is 19.1 Å². The van der Waals surface area contributed by atoms with Gasteiger partial charge in [0.25, 0.3) is 0 Å². The summed E-state index contributed by atoms with van der Waals surface area (Å²) in [6, 6.07) is 5.28. The lowest BCUT2D eigenvalue weighted by molar-refractivity contribution is -0.122. The summed E-state index contributed by atoms with van der Waals surface area (Å²) in [6.45, 7) is 3.81. The standard InChI is InChI=1S/C13H20N2O3/c1-8(13(15)16)7-18-12-6-10(17-3)4-5-11(12)9(2)14/h4-6,8-9H,7,14H2,1-3H3,(H2,15,16). The van der Waals surface area contributed by atoms with Gasteiger partial charge in [0.1, 0.15) is 11.5 Å². The topological polar surface area (TPSA) is 87.6 Å². The van der Waals surface area contributed by atoms with Crippen molar-refractivity contribution in [1.82, 2.24) is 0 Å². The number of carbonyl (C=O) groups is 1. The van der Waals surface area contributed by atoms with Crippen LogP contribution in [0.4, 0.5) is 0 Å². The fraction of sp³-hybridized carbons (Fsp3) is 0.462. The highest BCUT2D eigenvalue weighted by molar-refractivity contribution is 5.76. The minimum atomic E-state index is -0.389. The molecule has 0 aliphatic heterocycles. The molecule has 0 fully saturated rings. The van der Waals surface area contributed by atoms with E-state index < -0.39 is 0 Å². The molecule has 2 atom stereocenters. The van der Waals surface area contributed by atoms with E-state index in [9.17, 15) is 4.79 Å². The van der Waals surface area contributed by atoms with Crippen molar-refractivity contribution in [2.45, 2.75) is 19.9 Å². The second-order valence-corrected chi connectivity index (χ2v) is 4.31. The highest BCUT2D eigenvalue weighted by Crippen LogP contribution is 2.28. The number of carbonyl (C=O) groups excluding carboxylic acids is 1. The van der Waals surface area contributed by atoms with Gasteiger partial charge in [-0.3, -0.25) is 4.79 Å². The fourth-order valence-corrected chi connectivity index (χ4v) is 1.44. The van der Waals surface area contributed by atoms with Gasteiger partial charge in [0.2, 0.25) is 5.91 Å². The molecule has 0 aliphatic rings. The number of nitrogens with two attached hydrogens (primary N) is 2. The largest absolute Gasteiger partial charge is 0.497 e. The number of rotatable bonds is 6. The monoisotopic (exact) mass is 252 g/mol. The van der Waals surface area contributed by atoms with Crippen molar-refractivity contribution in [1.29, 1.82) is 0 Å². The number of primary amides is 1. The lowest BCUT2D eigenvalue weighted by Crippen LogP contribution is -2.26. The van der Waals surface area contributed by atoms with Crippen LogP contribution >= 0.6 is 0 Å². The Bertz CT molecular complexity index is 419. The molecule has 0 aliphatic carbocycles. The molecule has 5 heteroatoms. The van der Waals surface area contributed by atoms with Crippen LogP contribution in [0.3, 0.4) is 0 Å². The van der Waals surface area contributed by atoms with E-state index in [2.05, 4.69) is 0 Å². The first-order valence-corrected chi connectivity index (χ1v) is 5.81. The van der Waals surface area contributed by atoms with Crippen molar-refractivity contribution in [2.75, 3.05) is 13.7 Å². The molecule has 0 radical (unpaired) electrons. The summed E-state index contributed by atoms with van der Waals surface area (Å²) in [5.41, 5.74) is 11.9. The van der Waals surface area contributed by atoms with Crippen LogP contribution in [0, 0.1) is 5.92 Å². The van der Waals surface area contributed by atoms with Gasteiger partial charge in [-0.1, -0.05) is 13.0 Å². The average Bonchev–Trinajstić information content (AvgIpc) is 2.34. The van der Waals surface area contributed by atoms with Crippen molar-refractivity contribution in [3.8, 4) is 11.5 Å². The van der Waals surface area contributed by atoms with E-state index in [-0.39, 0.29) is 24.5 Å². The first-order valence-electron chi connectivity index (χ1n) is 5.81. The summed E-state index contributed by atoms with van der Waals surface area (Å²) < 4.78 is 10.7. The Morgan fingerprint density at radius 3 is 2.56 bits per heavy atom. The van der Waals surface area contributed by atoms with E-state index in [0.29, 0.717) is 11.5 Å². The number of benzene rings is 1. The van der Waals surface area contributed by atoms with E-state index in [1.165, 1.54) is 0 Å². The smallest absolute Gasteiger partial charge is 0.223 e. The molecule has 1 aromatic rings. The van der Waals surface area contributed by atoms with E-state index in [4.69, 9.17) is 20.9 Å². The van der Waals surface area contributed by atoms with E-state index >= 15 is 0 Å². The maximum atomic E-state index is 11.0. The van der Waals surface area contributed by atoms with E-state index in [0.717, 1.165) is 5.56 Å². The van der Waals surface area contributed by atoms with Crippen LogP contribution in [0.2, 0.25) is 0 Å². The van der Waals surface area contributed by atoms with Crippen LogP contribution < -0.4 is 20.9 Å². The SMILES string of the molecule is COc1ccc(C(C)N)c(OCC(C)C(N)=O)c1. The molecule has 0 heterocycles. The summed E-state index contributed by atoms with van der Waals surface area (Å²) in [5.74, 6) is 0.566. The van der Waals surface area contributed by atoms with E-state index in [1.54, 1.807) is 20.1 Å². The number of methoxy groups -OCH3 is 1. The van der Waals surface area contributed by atoms with Crippen LogP contribution in [-0.2, 0) is 4.79 Å². The Labute approximate surface area is 107 Å². The van der Waals surface area contributed by atoms with Crippen molar-refractivity contribution in [3.05, 3.63) is 23.8 Å². The van der Waals surface area contributed by atoms with Gasteiger partial charge in [-0.2, -0.15) is 0 Å².